The van der Waals surface area contributed by atoms with E-state index in [2.05, 4.69) is 26.1 Å². The van der Waals surface area contributed by atoms with E-state index in [4.69, 9.17) is 9.47 Å². The first-order chi connectivity index (χ1) is 9.81. The quantitative estimate of drug-likeness (QED) is 0.820. The average molecular weight is 293 g/mol. The molecule has 4 heteroatoms. The number of aryl methyl sites for hydroxylation is 1. The zero-order chi connectivity index (χ0) is 16.0. The second-order valence-corrected chi connectivity index (χ2v) is 6.22. The lowest BCUT2D eigenvalue weighted by Gasteiger charge is -2.23. The predicted octanol–water partition coefficient (Wildman–Crippen LogP) is 3.07. The first-order valence-corrected chi connectivity index (χ1v) is 7.27. The van der Waals surface area contributed by atoms with Crippen LogP contribution >= 0.6 is 0 Å². The molecule has 0 spiro atoms. The summed E-state index contributed by atoms with van der Waals surface area (Å²) in [6, 6.07) is 3.88. The van der Waals surface area contributed by atoms with Gasteiger partial charge in [0, 0.05) is 31.4 Å². The van der Waals surface area contributed by atoms with Crippen molar-refractivity contribution in [1.29, 1.82) is 0 Å². The fraction of sp³-hybridized carbons (Fsp3) is 0.588. The molecule has 1 N–H and O–H groups in total. The molecular formula is C17H27NO3. The highest BCUT2D eigenvalue weighted by molar-refractivity contribution is 5.96. The van der Waals surface area contributed by atoms with Crippen molar-refractivity contribution >= 4 is 5.91 Å². The Kier molecular flexibility index (Phi) is 6.21. The molecule has 0 atom stereocenters. The highest BCUT2D eigenvalue weighted by Crippen LogP contribution is 2.33. The molecular weight excluding hydrogens is 266 g/mol. The van der Waals surface area contributed by atoms with Gasteiger partial charge in [0.2, 0.25) is 0 Å². The van der Waals surface area contributed by atoms with Gasteiger partial charge in [0.1, 0.15) is 5.75 Å². The van der Waals surface area contributed by atoms with E-state index in [-0.39, 0.29) is 11.3 Å². The summed E-state index contributed by atoms with van der Waals surface area (Å²) >= 11 is 0. The molecule has 21 heavy (non-hydrogen) atoms. The Hall–Kier alpha value is -1.55. The van der Waals surface area contributed by atoms with Crippen molar-refractivity contribution in [3.63, 3.8) is 0 Å². The van der Waals surface area contributed by atoms with Crippen molar-refractivity contribution < 1.29 is 14.3 Å². The van der Waals surface area contributed by atoms with Gasteiger partial charge in [0.05, 0.1) is 7.11 Å². The van der Waals surface area contributed by atoms with Gasteiger partial charge in [-0.3, -0.25) is 4.79 Å². The number of benzene rings is 1. The summed E-state index contributed by atoms with van der Waals surface area (Å²) in [7, 11) is 3.32. The van der Waals surface area contributed by atoms with Crippen LogP contribution in [0.4, 0.5) is 0 Å². The van der Waals surface area contributed by atoms with Gasteiger partial charge < -0.3 is 14.8 Å². The Labute approximate surface area is 127 Å². The normalized spacial score (nSPS) is 11.3. The van der Waals surface area contributed by atoms with E-state index in [0.29, 0.717) is 18.7 Å². The molecule has 0 bridgehead atoms. The van der Waals surface area contributed by atoms with Gasteiger partial charge >= 0.3 is 0 Å². The van der Waals surface area contributed by atoms with Crippen LogP contribution in [0.2, 0.25) is 0 Å². The fourth-order valence-electron chi connectivity index (χ4n) is 2.19. The molecule has 1 aromatic rings. The largest absolute Gasteiger partial charge is 0.496 e. The molecule has 1 rings (SSSR count). The molecule has 118 valence electrons. The lowest BCUT2D eigenvalue weighted by molar-refractivity contribution is 0.0948. The summed E-state index contributed by atoms with van der Waals surface area (Å²) in [5, 5.41) is 2.93. The zero-order valence-electron chi connectivity index (χ0n) is 14.0. The van der Waals surface area contributed by atoms with Gasteiger partial charge in [-0.2, -0.15) is 0 Å². The van der Waals surface area contributed by atoms with Crippen LogP contribution in [0.15, 0.2) is 12.1 Å². The van der Waals surface area contributed by atoms with Crippen LogP contribution in [0, 0.1) is 6.92 Å². The predicted molar refractivity (Wildman–Crippen MR) is 85.3 cm³/mol. The Balaban J connectivity index is 2.99. The number of amides is 1. The summed E-state index contributed by atoms with van der Waals surface area (Å²) in [6.07, 6.45) is 0.809. The van der Waals surface area contributed by atoms with Crippen LogP contribution < -0.4 is 10.1 Å². The molecule has 0 aliphatic rings. The van der Waals surface area contributed by atoms with E-state index in [1.54, 1.807) is 14.2 Å². The highest BCUT2D eigenvalue weighted by atomic mass is 16.5. The second kappa shape index (κ2) is 7.46. The van der Waals surface area contributed by atoms with Crippen molar-refractivity contribution in [2.75, 3.05) is 27.4 Å². The summed E-state index contributed by atoms with van der Waals surface area (Å²) in [5.74, 6) is 0.785. The molecule has 0 unspecified atom stereocenters. The summed E-state index contributed by atoms with van der Waals surface area (Å²) < 4.78 is 10.4. The number of carbonyl (C=O) groups is 1. The Morgan fingerprint density at radius 3 is 2.43 bits per heavy atom. The van der Waals surface area contributed by atoms with Crippen molar-refractivity contribution in [3.05, 3.63) is 28.8 Å². The maximum atomic E-state index is 12.3. The first-order valence-electron chi connectivity index (χ1n) is 7.27. The third-order valence-corrected chi connectivity index (χ3v) is 3.41. The highest BCUT2D eigenvalue weighted by Gasteiger charge is 2.22. The maximum absolute atomic E-state index is 12.3. The number of nitrogens with one attached hydrogen (secondary N) is 1. The standard InChI is InChI=1S/C17H27NO3/c1-12-10-15(21-6)14(17(2,3)4)11-13(12)16(19)18-8-7-9-20-5/h10-11H,7-9H2,1-6H3,(H,18,19). The van der Waals surface area contributed by atoms with Crippen molar-refractivity contribution in [1.82, 2.24) is 5.32 Å². The summed E-state index contributed by atoms with van der Waals surface area (Å²) in [5.41, 5.74) is 2.59. The number of carbonyl (C=O) groups excluding carboxylic acids is 1. The van der Waals surface area contributed by atoms with Crippen LogP contribution in [0.25, 0.3) is 0 Å². The van der Waals surface area contributed by atoms with Gasteiger partial charge in [-0.25, -0.2) is 0 Å². The minimum absolute atomic E-state index is 0.0447. The molecule has 0 aromatic heterocycles. The van der Waals surface area contributed by atoms with Crippen molar-refractivity contribution in [2.24, 2.45) is 0 Å². The van der Waals surface area contributed by atoms with Gasteiger partial charge in [-0.1, -0.05) is 20.8 Å². The summed E-state index contributed by atoms with van der Waals surface area (Å²) in [6.45, 7) is 9.53. The van der Waals surface area contributed by atoms with E-state index in [0.717, 1.165) is 23.3 Å². The molecule has 0 fully saturated rings. The van der Waals surface area contributed by atoms with Crippen molar-refractivity contribution in [3.8, 4) is 5.75 Å². The maximum Gasteiger partial charge on any atom is 0.251 e. The Bertz CT molecular complexity index is 490. The molecule has 0 aliphatic heterocycles. The number of hydrogen-bond donors (Lipinski definition) is 1. The SMILES string of the molecule is COCCCNC(=O)c1cc(C(C)(C)C)c(OC)cc1C. The minimum Gasteiger partial charge on any atom is -0.496 e. The van der Waals surface area contributed by atoms with E-state index >= 15 is 0 Å². The number of methoxy groups -OCH3 is 2. The molecule has 4 nitrogen and oxygen atoms in total. The van der Waals surface area contributed by atoms with Crippen LogP contribution in [-0.2, 0) is 10.2 Å². The monoisotopic (exact) mass is 293 g/mol. The fourth-order valence-corrected chi connectivity index (χ4v) is 2.19. The van der Waals surface area contributed by atoms with Crippen LogP contribution in [-0.4, -0.2) is 33.3 Å². The van der Waals surface area contributed by atoms with Crippen LogP contribution in [0.3, 0.4) is 0 Å². The van der Waals surface area contributed by atoms with E-state index in [9.17, 15) is 4.79 Å². The third-order valence-electron chi connectivity index (χ3n) is 3.41. The molecule has 0 heterocycles. The van der Waals surface area contributed by atoms with Gasteiger partial charge in [-0.15, -0.1) is 0 Å². The molecule has 1 amide bonds. The van der Waals surface area contributed by atoms with Gasteiger partial charge in [0.25, 0.3) is 5.91 Å². The lowest BCUT2D eigenvalue weighted by Crippen LogP contribution is -2.26. The van der Waals surface area contributed by atoms with Gasteiger partial charge in [0.15, 0.2) is 0 Å². The third kappa shape index (κ3) is 4.74. The smallest absolute Gasteiger partial charge is 0.251 e. The molecule has 0 aliphatic carbocycles. The number of hydrogen-bond acceptors (Lipinski definition) is 3. The lowest BCUT2D eigenvalue weighted by atomic mass is 9.84. The number of ether oxygens (including phenoxy) is 2. The van der Waals surface area contributed by atoms with Gasteiger partial charge in [-0.05, 0) is 36.5 Å². The summed E-state index contributed by atoms with van der Waals surface area (Å²) in [4.78, 5) is 12.3. The number of rotatable bonds is 6. The zero-order valence-corrected chi connectivity index (χ0v) is 14.0. The minimum atomic E-state index is -0.0792. The average Bonchev–Trinajstić information content (AvgIpc) is 2.41. The van der Waals surface area contributed by atoms with E-state index < -0.39 is 0 Å². The van der Waals surface area contributed by atoms with Crippen LogP contribution in [0.1, 0.15) is 48.7 Å². The molecule has 0 saturated heterocycles. The van der Waals surface area contributed by atoms with E-state index in [1.165, 1.54) is 0 Å². The molecule has 0 radical (unpaired) electrons. The Morgan fingerprint density at radius 2 is 1.90 bits per heavy atom. The molecule has 1 aromatic carbocycles. The van der Waals surface area contributed by atoms with Crippen molar-refractivity contribution in [2.45, 2.75) is 39.5 Å². The van der Waals surface area contributed by atoms with Crippen LogP contribution in [0.5, 0.6) is 5.75 Å². The molecule has 0 saturated carbocycles. The van der Waals surface area contributed by atoms with E-state index in [1.807, 2.05) is 19.1 Å². The second-order valence-electron chi connectivity index (χ2n) is 6.22. The Morgan fingerprint density at radius 1 is 1.24 bits per heavy atom. The first kappa shape index (κ1) is 17.5. The topological polar surface area (TPSA) is 47.6 Å².